The van der Waals surface area contributed by atoms with Crippen molar-refractivity contribution in [3.8, 4) is 6.07 Å². The smallest absolute Gasteiger partial charge is 0.419 e. The number of aromatic nitrogens is 1. The minimum absolute atomic E-state index is 0.0579. The molecule has 2 aromatic carbocycles. The van der Waals surface area contributed by atoms with Gasteiger partial charge in [0.15, 0.2) is 5.78 Å². The molecule has 5 rings (SSSR count). The van der Waals surface area contributed by atoms with Gasteiger partial charge in [0, 0.05) is 40.7 Å². The topological polar surface area (TPSA) is 143 Å². The molecule has 180 valence electrons. The maximum Gasteiger partial charge on any atom is 0.419 e. The predicted octanol–water partition coefficient (Wildman–Crippen LogP) is 3.60. The van der Waals surface area contributed by atoms with E-state index in [0.29, 0.717) is 29.5 Å². The minimum atomic E-state index is -4.06. The maximum atomic E-state index is 13.5. The van der Waals surface area contributed by atoms with Crippen LogP contribution >= 0.6 is 0 Å². The van der Waals surface area contributed by atoms with Gasteiger partial charge in [-0.15, -0.1) is 0 Å². The number of carbonyl (C=O) groups is 2. The van der Waals surface area contributed by atoms with E-state index in [9.17, 15) is 23.3 Å². The van der Waals surface area contributed by atoms with Gasteiger partial charge in [0.05, 0.1) is 17.2 Å². The molecule has 3 aromatic rings. The number of fused-ring (bicyclic) bond motifs is 4. The van der Waals surface area contributed by atoms with Crippen molar-refractivity contribution >= 4 is 33.0 Å². The number of rotatable bonds is 3. The number of hydrogen-bond acceptors (Lipinski definition) is 5. The molecule has 0 atom stereocenters. The molecule has 3 N–H and O–H groups in total. The molecule has 1 aromatic heterocycles. The van der Waals surface area contributed by atoms with Gasteiger partial charge in [-0.1, -0.05) is 38.1 Å². The average Bonchev–Trinajstić information content (AvgIpc) is 3.22. The predicted molar refractivity (Wildman–Crippen MR) is 129 cm³/mol. The van der Waals surface area contributed by atoms with Gasteiger partial charge in [-0.3, -0.25) is 4.79 Å². The van der Waals surface area contributed by atoms with E-state index in [1.165, 1.54) is 0 Å². The quantitative estimate of drug-likeness (QED) is 0.510. The molecular formula is C25H24N4O5S. The number of ketones is 1. The Morgan fingerprint density at radius 2 is 1.91 bits per heavy atom. The van der Waals surface area contributed by atoms with Gasteiger partial charge in [0.25, 0.3) is 0 Å². The highest BCUT2D eigenvalue weighted by Gasteiger charge is 2.40. The van der Waals surface area contributed by atoms with Crippen molar-refractivity contribution in [2.45, 2.75) is 38.0 Å². The number of carbonyl (C=O) groups excluding carboxylic acids is 1. The number of nitriles is 1. The first-order chi connectivity index (χ1) is 16.5. The summed E-state index contributed by atoms with van der Waals surface area (Å²) in [6.45, 7) is 4.54. The molecule has 1 aliphatic carbocycles. The van der Waals surface area contributed by atoms with E-state index in [4.69, 9.17) is 5.11 Å². The van der Waals surface area contributed by atoms with Crippen molar-refractivity contribution in [1.82, 2.24) is 14.0 Å². The van der Waals surface area contributed by atoms with Crippen LogP contribution < -0.4 is 4.72 Å². The van der Waals surface area contributed by atoms with Crippen molar-refractivity contribution in [2.24, 2.45) is 0 Å². The van der Waals surface area contributed by atoms with Gasteiger partial charge >= 0.3 is 16.3 Å². The van der Waals surface area contributed by atoms with Crippen LogP contribution in [0.5, 0.6) is 0 Å². The third-order valence-corrected chi connectivity index (χ3v) is 8.70. The van der Waals surface area contributed by atoms with Crippen molar-refractivity contribution in [1.29, 1.82) is 5.26 Å². The average molecular weight is 493 g/mol. The molecule has 35 heavy (non-hydrogen) atoms. The second-order valence-electron chi connectivity index (χ2n) is 9.59. The summed E-state index contributed by atoms with van der Waals surface area (Å²) in [4.78, 5) is 27.7. The lowest BCUT2D eigenvalue weighted by atomic mass is 9.70. The zero-order chi connectivity index (χ0) is 25.1. The van der Waals surface area contributed by atoms with E-state index in [1.807, 2.05) is 24.3 Å². The molecule has 1 amide bonds. The number of piperidine rings is 1. The molecule has 0 unspecified atom stereocenters. The summed E-state index contributed by atoms with van der Waals surface area (Å²) in [5, 5.41) is 18.8. The Kier molecular flexibility index (Phi) is 5.23. The van der Waals surface area contributed by atoms with Gasteiger partial charge in [-0.25, -0.2) is 9.52 Å². The molecular weight excluding hydrogens is 468 g/mol. The fraction of sp³-hybridized carbons (Fsp3) is 0.320. The lowest BCUT2D eigenvalue weighted by molar-refractivity contribution is 0.103. The van der Waals surface area contributed by atoms with Gasteiger partial charge in [0.1, 0.15) is 0 Å². The van der Waals surface area contributed by atoms with Gasteiger partial charge < -0.3 is 10.1 Å². The standard InChI is InChI=1S/C25H24N4O5S/c1-25(2)19-12-16(15-7-9-29(10-8-15)35(33,34)28-24(31)32)4-6-17(19)22(30)21-18-5-3-14(13-26)11-20(18)27-23(21)25/h3-6,11-12,15,27-28H,7-10H2,1-2H3,(H,31,32). The lowest BCUT2D eigenvalue weighted by Gasteiger charge is -2.34. The highest BCUT2D eigenvalue weighted by Crippen LogP contribution is 2.45. The number of nitrogens with one attached hydrogen (secondary N) is 2. The summed E-state index contributed by atoms with van der Waals surface area (Å²) in [5.41, 5.74) is 4.82. The Balaban J connectivity index is 1.47. The molecule has 1 saturated heterocycles. The van der Waals surface area contributed by atoms with E-state index >= 15 is 0 Å². The Hall–Kier alpha value is -3.68. The summed E-state index contributed by atoms with van der Waals surface area (Å²) in [5.74, 6) is 0.0299. The number of H-pyrrole nitrogens is 1. The van der Waals surface area contributed by atoms with Gasteiger partial charge in [-0.05, 0) is 42.0 Å². The Labute approximate surface area is 202 Å². The van der Waals surface area contributed by atoms with Crippen LogP contribution in [-0.2, 0) is 15.6 Å². The molecule has 1 fully saturated rings. The van der Waals surface area contributed by atoms with Crippen LogP contribution in [0.1, 0.15) is 70.9 Å². The first-order valence-electron chi connectivity index (χ1n) is 11.3. The highest BCUT2D eigenvalue weighted by atomic mass is 32.2. The first kappa shape index (κ1) is 23.1. The van der Waals surface area contributed by atoms with Crippen molar-refractivity contribution in [3.05, 3.63) is 69.9 Å². The van der Waals surface area contributed by atoms with Crippen molar-refractivity contribution in [2.75, 3.05) is 13.1 Å². The molecule has 1 aliphatic heterocycles. The minimum Gasteiger partial charge on any atom is -0.464 e. The van der Waals surface area contributed by atoms with Crippen LogP contribution in [0, 0.1) is 11.3 Å². The fourth-order valence-corrected chi connectivity index (χ4v) is 6.42. The second-order valence-corrected chi connectivity index (χ2v) is 11.3. The highest BCUT2D eigenvalue weighted by molar-refractivity contribution is 7.87. The Bertz CT molecular complexity index is 1540. The zero-order valence-electron chi connectivity index (χ0n) is 19.3. The fourth-order valence-electron chi connectivity index (χ4n) is 5.38. The van der Waals surface area contributed by atoms with E-state index in [0.717, 1.165) is 32.0 Å². The normalized spacial score (nSPS) is 18.0. The van der Waals surface area contributed by atoms with Crippen molar-refractivity contribution < 1.29 is 23.1 Å². The van der Waals surface area contributed by atoms with Crippen LogP contribution in [-0.4, -0.2) is 47.8 Å². The molecule has 2 aliphatic rings. The second kappa shape index (κ2) is 7.93. The third-order valence-electron chi connectivity index (χ3n) is 7.22. The van der Waals surface area contributed by atoms with Crippen LogP contribution in [0.2, 0.25) is 0 Å². The SMILES string of the molecule is CC1(C)c2cc(C3CCN(S(=O)(=O)NC(=O)O)CC3)ccc2C(=O)c2c1[nH]c1cc(C#N)ccc21. The van der Waals surface area contributed by atoms with E-state index in [1.54, 1.807) is 16.9 Å². The first-order valence-corrected chi connectivity index (χ1v) is 12.7. The number of hydrogen-bond donors (Lipinski definition) is 3. The molecule has 10 heteroatoms. The summed E-state index contributed by atoms with van der Waals surface area (Å²) in [6, 6.07) is 13.3. The van der Waals surface area contributed by atoms with Crippen LogP contribution in [0.4, 0.5) is 4.79 Å². The molecule has 0 radical (unpaired) electrons. The van der Waals surface area contributed by atoms with E-state index in [-0.39, 0.29) is 24.8 Å². The third kappa shape index (κ3) is 3.68. The van der Waals surface area contributed by atoms with E-state index in [2.05, 4.69) is 24.9 Å². The lowest BCUT2D eigenvalue weighted by Crippen LogP contribution is -2.46. The maximum absolute atomic E-state index is 13.5. The molecule has 2 heterocycles. The molecule has 0 spiro atoms. The van der Waals surface area contributed by atoms with Crippen LogP contribution in [0.25, 0.3) is 10.9 Å². The molecule has 0 bridgehead atoms. The zero-order valence-corrected chi connectivity index (χ0v) is 20.1. The summed E-state index contributed by atoms with van der Waals surface area (Å²) < 4.78 is 27.0. The largest absolute Gasteiger partial charge is 0.464 e. The summed E-state index contributed by atoms with van der Waals surface area (Å²) in [6.07, 6.45) is -0.515. The van der Waals surface area contributed by atoms with Crippen LogP contribution in [0.3, 0.4) is 0 Å². The van der Waals surface area contributed by atoms with Crippen molar-refractivity contribution in [3.63, 3.8) is 0 Å². The summed E-state index contributed by atoms with van der Waals surface area (Å²) >= 11 is 0. The molecule has 9 nitrogen and oxygen atoms in total. The Morgan fingerprint density at radius 1 is 1.20 bits per heavy atom. The van der Waals surface area contributed by atoms with E-state index < -0.39 is 21.7 Å². The number of benzene rings is 2. The van der Waals surface area contributed by atoms with Crippen LogP contribution in [0.15, 0.2) is 36.4 Å². The monoisotopic (exact) mass is 492 g/mol. The number of amides is 1. The van der Waals surface area contributed by atoms with Gasteiger partial charge in [-0.2, -0.15) is 18.0 Å². The number of nitrogens with zero attached hydrogens (tertiary/aromatic N) is 2. The number of aromatic amines is 1. The molecule has 0 saturated carbocycles. The van der Waals surface area contributed by atoms with Gasteiger partial charge in [0.2, 0.25) is 0 Å². The summed E-state index contributed by atoms with van der Waals surface area (Å²) in [7, 11) is -4.06. The number of carboxylic acid groups (broad SMARTS) is 1. The Morgan fingerprint density at radius 3 is 2.57 bits per heavy atom.